The highest BCUT2D eigenvalue weighted by molar-refractivity contribution is 4.64. The summed E-state index contributed by atoms with van der Waals surface area (Å²) in [7, 11) is 1.47. The molecule has 0 bridgehead atoms. The second-order valence-electron chi connectivity index (χ2n) is 1.93. The molecule has 0 aromatic rings. The van der Waals surface area contributed by atoms with Crippen LogP contribution < -0.4 is 0 Å². The molecule has 0 aromatic carbocycles. The molecule has 0 spiro atoms. The molecule has 0 radical (unpaired) electrons. The van der Waals surface area contributed by atoms with Crippen LogP contribution in [0.1, 0.15) is 13.3 Å². The summed E-state index contributed by atoms with van der Waals surface area (Å²) in [5.74, 6) is 0. The second kappa shape index (κ2) is 4.73. The lowest BCUT2D eigenvalue weighted by Gasteiger charge is -2.16. The van der Waals surface area contributed by atoms with Crippen LogP contribution in [0.4, 0.5) is 0 Å². The SMILES string of the molecule is CCC(O)[C@@H](CO)OC. The average molecular weight is 134 g/mol. The molecule has 0 aromatic heterocycles. The first kappa shape index (κ1) is 8.88. The van der Waals surface area contributed by atoms with Crippen LogP contribution in [0.15, 0.2) is 0 Å². The molecule has 0 saturated carbocycles. The first-order valence-corrected chi connectivity index (χ1v) is 3.08. The van der Waals surface area contributed by atoms with Crippen molar-refractivity contribution in [2.45, 2.75) is 25.6 Å². The van der Waals surface area contributed by atoms with E-state index in [9.17, 15) is 0 Å². The van der Waals surface area contributed by atoms with Crippen LogP contribution in [-0.2, 0) is 4.74 Å². The van der Waals surface area contributed by atoms with E-state index in [0.29, 0.717) is 6.42 Å². The van der Waals surface area contributed by atoms with Crippen LogP contribution in [-0.4, -0.2) is 36.1 Å². The third kappa shape index (κ3) is 2.79. The first-order chi connectivity index (χ1) is 4.26. The normalized spacial score (nSPS) is 17.3. The molecule has 0 fully saturated rings. The molecule has 3 heteroatoms. The van der Waals surface area contributed by atoms with E-state index in [1.165, 1.54) is 7.11 Å². The van der Waals surface area contributed by atoms with Crippen LogP contribution >= 0.6 is 0 Å². The molecular weight excluding hydrogens is 120 g/mol. The monoisotopic (exact) mass is 134 g/mol. The van der Waals surface area contributed by atoms with Gasteiger partial charge in [0.05, 0.1) is 12.7 Å². The van der Waals surface area contributed by atoms with Crippen molar-refractivity contribution in [2.24, 2.45) is 0 Å². The molecule has 0 aliphatic heterocycles. The van der Waals surface area contributed by atoms with Crippen molar-refractivity contribution in [2.75, 3.05) is 13.7 Å². The highest BCUT2D eigenvalue weighted by atomic mass is 16.5. The summed E-state index contributed by atoms with van der Waals surface area (Å²) in [5.41, 5.74) is 0. The van der Waals surface area contributed by atoms with Crippen LogP contribution in [0, 0.1) is 0 Å². The smallest absolute Gasteiger partial charge is 0.106 e. The minimum Gasteiger partial charge on any atom is -0.394 e. The topological polar surface area (TPSA) is 49.7 Å². The maximum atomic E-state index is 9.03. The molecule has 9 heavy (non-hydrogen) atoms. The van der Waals surface area contributed by atoms with Crippen molar-refractivity contribution < 1.29 is 14.9 Å². The molecule has 1 unspecified atom stereocenters. The predicted molar refractivity (Wildman–Crippen MR) is 34.2 cm³/mol. The molecule has 0 amide bonds. The average Bonchev–Trinajstić information content (AvgIpc) is 1.90. The summed E-state index contributed by atoms with van der Waals surface area (Å²) >= 11 is 0. The summed E-state index contributed by atoms with van der Waals surface area (Å²) in [5, 5.41) is 17.6. The molecule has 2 N–H and O–H groups in total. The molecule has 2 atom stereocenters. The van der Waals surface area contributed by atoms with Gasteiger partial charge in [-0.15, -0.1) is 0 Å². The quantitative estimate of drug-likeness (QED) is 0.558. The molecule has 0 rings (SSSR count). The molecule has 0 saturated heterocycles. The number of aliphatic hydroxyl groups is 2. The van der Waals surface area contributed by atoms with E-state index in [1.54, 1.807) is 0 Å². The van der Waals surface area contributed by atoms with E-state index in [-0.39, 0.29) is 6.61 Å². The third-order valence-corrected chi connectivity index (χ3v) is 1.33. The van der Waals surface area contributed by atoms with E-state index >= 15 is 0 Å². The Balaban J connectivity index is 3.50. The standard InChI is InChI=1S/C6H14O3/c1-3-5(8)6(4-7)9-2/h5-8H,3-4H2,1-2H3/t5?,6-/m1/s1. The number of hydrogen-bond donors (Lipinski definition) is 2. The van der Waals surface area contributed by atoms with Crippen molar-refractivity contribution in [1.82, 2.24) is 0 Å². The number of methoxy groups -OCH3 is 1. The number of rotatable bonds is 4. The van der Waals surface area contributed by atoms with Crippen LogP contribution in [0.5, 0.6) is 0 Å². The van der Waals surface area contributed by atoms with Crippen molar-refractivity contribution in [1.29, 1.82) is 0 Å². The Labute approximate surface area is 55.3 Å². The van der Waals surface area contributed by atoms with Gasteiger partial charge in [-0.05, 0) is 6.42 Å². The van der Waals surface area contributed by atoms with Crippen molar-refractivity contribution in [3.63, 3.8) is 0 Å². The van der Waals surface area contributed by atoms with Crippen LogP contribution in [0.25, 0.3) is 0 Å². The third-order valence-electron chi connectivity index (χ3n) is 1.33. The van der Waals surface area contributed by atoms with E-state index in [1.807, 2.05) is 6.92 Å². The Kier molecular flexibility index (Phi) is 4.67. The Bertz CT molecular complexity index is 61.3. The highest BCUT2D eigenvalue weighted by Crippen LogP contribution is 2.00. The van der Waals surface area contributed by atoms with Crippen LogP contribution in [0.2, 0.25) is 0 Å². The minimum atomic E-state index is -0.542. The molecule has 3 nitrogen and oxygen atoms in total. The Morgan fingerprint density at radius 3 is 2.22 bits per heavy atom. The largest absolute Gasteiger partial charge is 0.394 e. The van der Waals surface area contributed by atoms with E-state index in [4.69, 9.17) is 14.9 Å². The van der Waals surface area contributed by atoms with Gasteiger partial charge in [0.2, 0.25) is 0 Å². The van der Waals surface area contributed by atoms with Gasteiger partial charge in [0.25, 0.3) is 0 Å². The second-order valence-corrected chi connectivity index (χ2v) is 1.93. The summed E-state index contributed by atoms with van der Waals surface area (Å²) in [6.45, 7) is 1.72. The van der Waals surface area contributed by atoms with E-state index in [0.717, 1.165) is 0 Å². The van der Waals surface area contributed by atoms with E-state index in [2.05, 4.69) is 0 Å². The maximum absolute atomic E-state index is 9.03. The summed E-state index contributed by atoms with van der Waals surface area (Å²) < 4.78 is 4.75. The predicted octanol–water partition coefficient (Wildman–Crippen LogP) is -0.235. The van der Waals surface area contributed by atoms with Gasteiger partial charge in [0.1, 0.15) is 6.10 Å². The Morgan fingerprint density at radius 1 is 1.56 bits per heavy atom. The lowest BCUT2D eigenvalue weighted by atomic mass is 10.2. The minimum absolute atomic E-state index is 0.120. The van der Waals surface area contributed by atoms with E-state index < -0.39 is 12.2 Å². The van der Waals surface area contributed by atoms with Gasteiger partial charge in [-0.2, -0.15) is 0 Å². The Hall–Kier alpha value is -0.120. The van der Waals surface area contributed by atoms with Gasteiger partial charge < -0.3 is 14.9 Å². The fourth-order valence-corrected chi connectivity index (χ4v) is 0.616. The molecular formula is C6H14O3. The zero-order valence-corrected chi connectivity index (χ0v) is 5.87. The van der Waals surface area contributed by atoms with Gasteiger partial charge in [0, 0.05) is 7.11 Å². The fourth-order valence-electron chi connectivity index (χ4n) is 0.616. The van der Waals surface area contributed by atoms with Gasteiger partial charge >= 0.3 is 0 Å². The van der Waals surface area contributed by atoms with Crippen molar-refractivity contribution in [3.05, 3.63) is 0 Å². The fraction of sp³-hybridized carbons (Fsp3) is 1.00. The molecule has 56 valence electrons. The molecule has 0 aliphatic carbocycles. The van der Waals surface area contributed by atoms with Crippen molar-refractivity contribution >= 4 is 0 Å². The summed E-state index contributed by atoms with van der Waals surface area (Å²) in [6.07, 6.45) is -0.353. The lowest BCUT2D eigenvalue weighted by Crippen LogP contribution is -2.30. The Morgan fingerprint density at radius 2 is 2.11 bits per heavy atom. The molecule has 0 aliphatic rings. The zero-order chi connectivity index (χ0) is 7.28. The van der Waals surface area contributed by atoms with Gasteiger partial charge in [-0.25, -0.2) is 0 Å². The maximum Gasteiger partial charge on any atom is 0.106 e. The number of hydrogen-bond acceptors (Lipinski definition) is 3. The lowest BCUT2D eigenvalue weighted by molar-refractivity contribution is -0.0418. The first-order valence-electron chi connectivity index (χ1n) is 3.08. The van der Waals surface area contributed by atoms with Gasteiger partial charge in [-0.3, -0.25) is 0 Å². The number of ether oxygens (including phenoxy) is 1. The van der Waals surface area contributed by atoms with Gasteiger partial charge in [0.15, 0.2) is 0 Å². The number of aliphatic hydroxyl groups excluding tert-OH is 2. The van der Waals surface area contributed by atoms with Gasteiger partial charge in [-0.1, -0.05) is 6.92 Å². The van der Waals surface area contributed by atoms with Crippen molar-refractivity contribution in [3.8, 4) is 0 Å². The zero-order valence-electron chi connectivity index (χ0n) is 5.87. The highest BCUT2D eigenvalue weighted by Gasteiger charge is 2.14. The molecule has 0 heterocycles. The summed E-state index contributed by atoms with van der Waals surface area (Å²) in [6, 6.07) is 0. The van der Waals surface area contributed by atoms with Crippen LogP contribution in [0.3, 0.4) is 0 Å². The summed E-state index contributed by atoms with van der Waals surface area (Å²) in [4.78, 5) is 0.